The maximum atomic E-state index is 11.4. The van der Waals surface area contributed by atoms with Gasteiger partial charge in [0.05, 0.1) is 12.7 Å². The SMILES string of the molecule is CCCCc1ncc(C(=O)OC)cc1CCC. The zero-order valence-corrected chi connectivity index (χ0v) is 11.0. The minimum absolute atomic E-state index is 0.308. The molecule has 94 valence electrons. The number of rotatable bonds is 6. The Labute approximate surface area is 103 Å². The number of aryl methyl sites for hydroxylation is 2. The first-order chi connectivity index (χ1) is 8.22. The standard InChI is InChI=1S/C14H21NO2/c1-4-6-8-13-11(7-5-2)9-12(10-15-13)14(16)17-3/h9-10H,4-8H2,1-3H3. The number of pyridine rings is 1. The van der Waals surface area contributed by atoms with Gasteiger partial charge in [0, 0.05) is 11.9 Å². The predicted octanol–water partition coefficient (Wildman–Crippen LogP) is 3.16. The van der Waals surface area contributed by atoms with Gasteiger partial charge in [0.1, 0.15) is 0 Å². The van der Waals surface area contributed by atoms with Gasteiger partial charge < -0.3 is 4.74 Å². The van der Waals surface area contributed by atoms with Crippen LogP contribution in [0.2, 0.25) is 0 Å². The maximum Gasteiger partial charge on any atom is 0.339 e. The Bertz CT molecular complexity index is 374. The highest BCUT2D eigenvalue weighted by atomic mass is 16.5. The van der Waals surface area contributed by atoms with Crippen molar-refractivity contribution in [1.29, 1.82) is 0 Å². The highest BCUT2D eigenvalue weighted by Gasteiger charge is 2.10. The summed E-state index contributed by atoms with van der Waals surface area (Å²) in [5.74, 6) is -0.308. The van der Waals surface area contributed by atoms with Crippen LogP contribution in [0.5, 0.6) is 0 Å². The second kappa shape index (κ2) is 7.05. The van der Waals surface area contributed by atoms with Crippen LogP contribution in [0, 0.1) is 0 Å². The number of ether oxygens (including phenoxy) is 1. The van der Waals surface area contributed by atoms with E-state index in [4.69, 9.17) is 4.74 Å². The molecule has 0 aliphatic rings. The van der Waals surface area contributed by atoms with Gasteiger partial charge in [-0.15, -0.1) is 0 Å². The van der Waals surface area contributed by atoms with Crippen molar-refractivity contribution in [2.75, 3.05) is 7.11 Å². The Kier molecular flexibility index (Phi) is 5.67. The van der Waals surface area contributed by atoms with Crippen molar-refractivity contribution in [2.24, 2.45) is 0 Å². The van der Waals surface area contributed by atoms with Crippen molar-refractivity contribution in [2.45, 2.75) is 46.0 Å². The number of unbranched alkanes of at least 4 members (excludes halogenated alkanes) is 1. The average molecular weight is 235 g/mol. The van der Waals surface area contributed by atoms with Crippen molar-refractivity contribution in [3.05, 3.63) is 29.1 Å². The van der Waals surface area contributed by atoms with Crippen LogP contribution in [0.15, 0.2) is 12.3 Å². The number of esters is 1. The Balaban J connectivity index is 2.94. The van der Waals surface area contributed by atoms with Gasteiger partial charge in [-0.2, -0.15) is 0 Å². The molecule has 0 bridgehead atoms. The molecule has 1 aromatic heterocycles. The first-order valence-corrected chi connectivity index (χ1v) is 6.29. The molecule has 0 unspecified atom stereocenters. The molecule has 3 heteroatoms. The lowest BCUT2D eigenvalue weighted by Crippen LogP contribution is -2.06. The summed E-state index contributed by atoms with van der Waals surface area (Å²) in [4.78, 5) is 15.8. The number of hydrogen-bond donors (Lipinski definition) is 0. The Hall–Kier alpha value is -1.38. The monoisotopic (exact) mass is 235 g/mol. The largest absolute Gasteiger partial charge is 0.465 e. The summed E-state index contributed by atoms with van der Waals surface area (Å²) in [6, 6.07) is 1.92. The molecule has 17 heavy (non-hydrogen) atoms. The van der Waals surface area contributed by atoms with Crippen molar-refractivity contribution in [1.82, 2.24) is 4.98 Å². The van der Waals surface area contributed by atoms with E-state index in [2.05, 4.69) is 18.8 Å². The third-order valence-electron chi connectivity index (χ3n) is 2.77. The number of hydrogen-bond acceptors (Lipinski definition) is 3. The average Bonchev–Trinajstić information content (AvgIpc) is 2.36. The Morgan fingerprint density at radius 2 is 2.06 bits per heavy atom. The molecule has 0 atom stereocenters. The lowest BCUT2D eigenvalue weighted by molar-refractivity contribution is 0.0600. The summed E-state index contributed by atoms with van der Waals surface area (Å²) < 4.78 is 4.71. The van der Waals surface area contributed by atoms with Crippen LogP contribution in [0.1, 0.15) is 54.7 Å². The van der Waals surface area contributed by atoms with Gasteiger partial charge in [-0.1, -0.05) is 26.7 Å². The third kappa shape index (κ3) is 3.84. The molecule has 0 aromatic carbocycles. The van der Waals surface area contributed by atoms with Crippen molar-refractivity contribution >= 4 is 5.97 Å². The molecule has 1 rings (SSSR count). The molecule has 0 fully saturated rings. The molecule has 0 aliphatic heterocycles. The van der Waals surface area contributed by atoms with Crippen molar-refractivity contribution in [3.63, 3.8) is 0 Å². The fourth-order valence-corrected chi connectivity index (χ4v) is 1.82. The Morgan fingerprint density at radius 3 is 2.65 bits per heavy atom. The smallest absolute Gasteiger partial charge is 0.339 e. The summed E-state index contributed by atoms with van der Waals surface area (Å²) in [6.45, 7) is 4.30. The van der Waals surface area contributed by atoms with Gasteiger partial charge in [-0.3, -0.25) is 4.98 Å². The van der Waals surface area contributed by atoms with Crippen molar-refractivity contribution < 1.29 is 9.53 Å². The predicted molar refractivity (Wildman–Crippen MR) is 68.2 cm³/mol. The minimum Gasteiger partial charge on any atom is -0.465 e. The third-order valence-corrected chi connectivity index (χ3v) is 2.77. The zero-order valence-electron chi connectivity index (χ0n) is 11.0. The van der Waals surface area contributed by atoms with Crippen LogP contribution in [0.4, 0.5) is 0 Å². The normalized spacial score (nSPS) is 10.3. The van der Waals surface area contributed by atoms with Gasteiger partial charge in [0.2, 0.25) is 0 Å². The first-order valence-electron chi connectivity index (χ1n) is 6.29. The van der Waals surface area contributed by atoms with Gasteiger partial charge in [-0.05, 0) is 30.9 Å². The number of methoxy groups -OCH3 is 1. The minimum atomic E-state index is -0.308. The topological polar surface area (TPSA) is 39.2 Å². The fourth-order valence-electron chi connectivity index (χ4n) is 1.82. The number of aromatic nitrogens is 1. The summed E-state index contributed by atoms with van der Waals surface area (Å²) in [7, 11) is 1.40. The lowest BCUT2D eigenvalue weighted by atomic mass is 10.0. The number of carbonyl (C=O) groups is 1. The molecule has 0 aliphatic carbocycles. The van der Waals surface area contributed by atoms with Gasteiger partial charge >= 0.3 is 5.97 Å². The van der Waals surface area contributed by atoms with Crippen molar-refractivity contribution in [3.8, 4) is 0 Å². The van der Waals surface area contributed by atoms with Crippen LogP contribution >= 0.6 is 0 Å². The van der Waals surface area contributed by atoms with Crippen LogP contribution in [-0.4, -0.2) is 18.1 Å². The van der Waals surface area contributed by atoms with E-state index in [1.807, 2.05) is 6.07 Å². The van der Waals surface area contributed by atoms with E-state index in [9.17, 15) is 4.79 Å². The first kappa shape index (κ1) is 13.7. The van der Waals surface area contributed by atoms with Crippen LogP contribution in [-0.2, 0) is 17.6 Å². The molecule has 1 aromatic rings. The molecule has 0 spiro atoms. The van der Waals surface area contributed by atoms with Gasteiger partial charge in [0.15, 0.2) is 0 Å². The molecule has 0 amide bonds. The van der Waals surface area contributed by atoms with E-state index in [0.29, 0.717) is 5.56 Å². The quantitative estimate of drug-likeness (QED) is 0.711. The summed E-state index contributed by atoms with van der Waals surface area (Å²) >= 11 is 0. The zero-order chi connectivity index (χ0) is 12.7. The fraction of sp³-hybridized carbons (Fsp3) is 0.571. The van der Waals surface area contributed by atoms with Crippen LogP contribution < -0.4 is 0 Å². The molecule has 0 N–H and O–H groups in total. The second-order valence-corrected chi connectivity index (χ2v) is 4.17. The summed E-state index contributed by atoms with van der Waals surface area (Å²) in [5, 5.41) is 0. The second-order valence-electron chi connectivity index (χ2n) is 4.17. The molecular formula is C14H21NO2. The highest BCUT2D eigenvalue weighted by Crippen LogP contribution is 2.14. The van der Waals surface area contributed by atoms with Gasteiger partial charge in [0.25, 0.3) is 0 Å². The van der Waals surface area contributed by atoms with Crippen LogP contribution in [0.25, 0.3) is 0 Å². The highest BCUT2D eigenvalue weighted by molar-refractivity contribution is 5.89. The molecule has 0 saturated carbocycles. The van der Waals surface area contributed by atoms with E-state index in [1.54, 1.807) is 6.20 Å². The Morgan fingerprint density at radius 1 is 1.29 bits per heavy atom. The lowest BCUT2D eigenvalue weighted by Gasteiger charge is -2.09. The van der Waals surface area contributed by atoms with Crippen LogP contribution in [0.3, 0.4) is 0 Å². The molecular weight excluding hydrogens is 214 g/mol. The van der Waals surface area contributed by atoms with E-state index >= 15 is 0 Å². The molecule has 0 saturated heterocycles. The van der Waals surface area contributed by atoms with Gasteiger partial charge in [-0.25, -0.2) is 4.79 Å². The summed E-state index contributed by atoms with van der Waals surface area (Å²) in [5.41, 5.74) is 2.86. The van der Waals surface area contributed by atoms with E-state index in [-0.39, 0.29) is 5.97 Å². The van der Waals surface area contributed by atoms with E-state index < -0.39 is 0 Å². The molecule has 3 nitrogen and oxygen atoms in total. The van der Waals surface area contributed by atoms with E-state index in [1.165, 1.54) is 12.7 Å². The number of nitrogens with zero attached hydrogens (tertiary/aromatic N) is 1. The van der Waals surface area contributed by atoms with E-state index in [0.717, 1.165) is 37.8 Å². The molecule has 0 radical (unpaired) electrons. The maximum absolute atomic E-state index is 11.4. The number of carbonyl (C=O) groups excluding carboxylic acids is 1. The molecule has 1 heterocycles. The summed E-state index contributed by atoms with van der Waals surface area (Å²) in [6.07, 6.45) is 6.94.